The molecule has 1 N–H and O–H groups in total. The van der Waals surface area contributed by atoms with Gasteiger partial charge in [0.25, 0.3) is 5.91 Å². The molecule has 1 aliphatic heterocycles. The van der Waals surface area contributed by atoms with Crippen molar-refractivity contribution in [2.45, 2.75) is 45.6 Å². The number of rotatable bonds is 4. The number of aromatic nitrogens is 3. The molecule has 3 rings (SSSR count). The monoisotopic (exact) mass is 329 g/mol. The Bertz CT molecular complexity index is 698. The summed E-state index contributed by atoms with van der Waals surface area (Å²) in [5.41, 5.74) is 1.20. The molecule has 7 heteroatoms. The van der Waals surface area contributed by atoms with Crippen LogP contribution in [0, 0.1) is 6.92 Å². The summed E-state index contributed by atoms with van der Waals surface area (Å²) in [7, 11) is 0. The molecule has 0 radical (unpaired) electrons. The number of nitrogens with zero attached hydrogens (tertiary/aromatic N) is 4. The number of anilines is 1. The van der Waals surface area contributed by atoms with Gasteiger partial charge in [0.2, 0.25) is 5.95 Å². The number of piperidine rings is 1. The van der Waals surface area contributed by atoms with E-state index < -0.39 is 0 Å². The zero-order chi connectivity index (χ0) is 17.1. The molecule has 0 saturated carbocycles. The number of nitrogens with one attached hydrogen (secondary N) is 1. The lowest BCUT2D eigenvalue weighted by Crippen LogP contribution is -2.48. The second kappa shape index (κ2) is 6.98. The van der Waals surface area contributed by atoms with Gasteiger partial charge in [0, 0.05) is 37.4 Å². The van der Waals surface area contributed by atoms with Crippen LogP contribution in [-0.2, 0) is 0 Å². The van der Waals surface area contributed by atoms with E-state index in [0.29, 0.717) is 29.5 Å². The number of carbonyl (C=O) groups is 1. The standard InChI is InChI=1S/C17H23N5O2/c1-11(2)15-14(12(3)21-24-15)16(23)20-13-6-4-9-22(10-13)17-18-7-5-8-19-17/h5,7-8,11,13H,4,6,9-10H2,1-3H3,(H,20,23)/t13-/m1/s1. The van der Waals surface area contributed by atoms with Crippen LogP contribution in [0.15, 0.2) is 23.0 Å². The topological polar surface area (TPSA) is 84.2 Å². The first-order valence-electron chi connectivity index (χ1n) is 8.35. The molecule has 2 aromatic heterocycles. The van der Waals surface area contributed by atoms with Crippen LogP contribution in [0.3, 0.4) is 0 Å². The first-order valence-corrected chi connectivity index (χ1v) is 8.35. The molecule has 1 saturated heterocycles. The van der Waals surface area contributed by atoms with Crippen molar-refractivity contribution in [1.82, 2.24) is 20.4 Å². The zero-order valence-electron chi connectivity index (χ0n) is 14.3. The molecule has 0 bridgehead atoms. The van der Waals surface area contributed by atoms with Crippen molar-refractivity contribution in [2.75, 3.05) is 18.0 Å². The van der Waals surface area contributed by atoms with Crippen molar-refractivity contribution in [1.29, 1.82) is 0 Å². The molecular formula is C17H23N5O2. The Morgan fingerprint density at radius 3 is 2.83 bits per heavy atom. The Morgan fingerprint density at radius 2 is 2.12 bits per heavy atom. The normalized spacial score (nSPS) is 18.0. The summed E-state index contributed by atoms with van der Waals surface area (Å²) in [4.78, 5) is 23.4. The molecule has 0 aromatic carbocycles. The van der Waals surface area contributed by atoms with Gasteiger partial charge in [-0.25, -0.2) is 9.97 Å². The summed E-state index contributed by atoms with van der Waals surface area (Å²) < 4.78 is 5.32. The molecule has 0 aliphatic carbocycles. The van der Waals surface area contributed by atoms with E-state index >= 15 is 0 Å². The second-order valence-electron chi connectivity index (χ2n) is 6.47. The molecular weight excluding hydrogens is 306 g/mol. The predicted molar refractivity (Wildman–Crippen MR) is 90.1 cm³/mol. The lowest BCUT2D eigenvalue weighted by Gasteiger charge is -2.33. The smallest absolute Gasteiger partial charge is 0.257 e. The fourth-order valence-electron chi connectivity index (χ4n) is 3.05. The highest BCUT2D eigenvalue weighted by atomic mass is 16.5. The summed E-state index contributed by atoms with van der Waals surface area (Å²) in [5.74, 6) is 1.36. The highest BCUT2D eigenvalue weighted by Crippen LogP contribution is 2.23. The van der Waals surface area contributed by atoms with Crippen LogP contribution in [0.2, 0.25) is 0 Å². The maximum absolute atomic E-state index is 12.7. The zero-order valence-corrected chi connectivity index (χ0v) is 14.3. The van der Waals surface area contributed by atoms with Crippen molar-refractivity contribution in [3.05, 3.63) is 35.5 Å². The first kappa shape index (κ1) is 16.4. The minimum atomic E-state index is -0.113. The van der Waals surface area contributed by atoms with E-state index in [1.807, 2.05) is 13.8 Å². The van der Waals surface area contributed by atoms with E-state index in [2.05, 4.69) is 25.3 Å². The Kier molecular flexibility index (Phi) is 4.78. The largest absolute Gasteiger partial charge is 0.360 e. The highest BCUT2D eigenvalue weighted by Gasteiger charge is 2.27. The van der Waals surface area contributed by atoms with Crippen LogP contribution in [0.1, 0.15) is 54.4 Å². The van der Waals surface area contributed by atoms with Crippen molar-refractivity contribution in [2.24, 2.45) is 0 Å². The average molecular weight is 329 g/mol. The number of carbonyl (C=O) groups excluding carboxylic acids is 1. The molecule has 1 atom stereocenters. The van der Waals surface area contributed by atoms with Crippen molar-refractivity contribution in [3.63, 3.8) is 0 Å². The molecule has 1 aliphatic rings. The summed E-state index contributed by atoms with van der Waals surface area (Å²) in [6.45, 7) is 7.39. The molecule has 0 unspecified atom stereocenters. The van der Waals surface area contributed by atoms with Gasteiger partial charge in [-0.15, -0.1) is 0 Å². The van der Waals surface area contributed by atoms with E-state index in [0.717, 1.165) is 19.4 Å². The molecule has 1 fully saturated rings. The van der Waals surface area contributed by atoms with E-state index in [4.69, 9.17) is 4.52 Å². The second-order valence-corrected chi connectivity index (χ2v) is 6.47. The third-order valence-electron chi connectivity index (χ3n) is 4.23. The summed E-state index contributed by atoms with van der Waals surface area (Å²) >= 11 is 0. The van der Waals surface area contributed by atoms with Gasteiger partial charge in [-0.2, -0.15) is 0 Å². The Morgan fingerprint density at radius 1 is 1.38 bits per heavy atom. The SMILES string of the molecule is Cc1noc(C(C)C)c1C(=O)N[C@@H]1CCCN(c2ncccn2)C1. The minimum absolute atomic E-state index is 0.0596. The number of amides is 1. The van der Waals surface area contributed by atoms with Gasteiger partial charge in [0.15, 0.2) is 5.76 Å². The average Bonchev–Trinajstić information content (AvgIpc) is 2.98. The maximum Gasteiger partial charge on any atom is 0.257 e. The van der Waals surface area contributed by atoms with Crippen LogP contribution in [0.25, 0.3) is 0 Å². The number of hydrogen-bond acceptors (Lipinski definition) is 6. The van der Waals surface area contributed by atoms with E-state index in [-0.39, 0.29) is 17.9 Å². The van der Waals surface area contributed by atoms with Gasteiger partial charge < -0.3 is 14.7 Å². The van der Waals surface area contributed by atoms with Gasteiger partial charge in [-0.3, -0.25) is 4.79 Å². The molecule has 7 nitrogen and oxygen atoms in total. The fourth-order valence-corrected chi connectivity index (χ4v) is 3.05. The lowest BCUT2D eigenvalue weighted by atomic mass is 10.0. The van der Waals surface area contributed by atoms with Crippen LogP contribution >= 0.6 is 0 Å². The third-order valence-corrected chi connectivity index (χ3v) is 4.23. The Hall–Kier alpha value is -2.44. The number of hydrogen-bond donors (Lipinski definition) is 1. The van der Waals surface area contributed by atoms with Crippen molar-refractivity contribution in [3.8, 4) is 0 Å². The van der Waals surface area contributed by atoms with Gasteiger partial charge in [0.05, 0.1) is 5.69 Å². The minimum Gasteiger partial charge on any atom is -0.360 e. The molecule has 24 heavy (non-hydrogen) atoms. The van der Waals surface area contributed by atoms with Gasteiger partial charge >= 0.3 is 0 Å². The summed E-state index contributed by atoms with van der Waals surface area (Å²) in [5, 5.41) is 7.07. The van der Waals surface area contributed by atoms with Crippen LogP contribution in [0.5, 0.6) is 0 Å². The first-order chi connectivity index (χ1) is 11.6. The Labute approximate surface area is 141 Å². The van der Waals surface area contributed by atoms with Gasteiger partial charge in [-0.1, -0.05) is 19.0 Å². The molecule has 2 aromatic rings. The van der Waals surface area contributed by atoms with E-state index in [1.54, 1.807) is 25.4 Å². The molecule has 128 valence electrons. The van der Waals surface area contributed by atoms with Crippen LogP contribution in [-0.4, -0.2) is 40.2 Å². The number of aryl methyl sites for hydroxylation is 1. The van der Waals surface area contributed by atoms with Crippen LogP contribution < -0.4 is 10.2 Å². The highest BCUT2D eigenvalue weighted by molar-refractivity contribution is 5.96. The maximum atomic E-state index is 12.7. The molecule has 3 heterocycles. The van der Waals surface area contributed by atoms with Crippen molar-refractivity contribution < 1.29 is 9.32 Å². The van der Waals surface area contributed by atoms with Crippen molar-refractivity contribution >= 4 is 11.9 Å². The quantitative estimate of drug-likeness (QED) is 0.926. The predicted octanol–water partition coefficient (Wildman–Crippen LogP) is 2.30. The van der Waals surface area contributed by atoms with Crippen LogP contribution in [0.4, 0.5) is 5.95 Å². The molecule has 1 amide bonds. The Balaban J connectivity index is 1.70. The lowest BCUT2D eigenvalue weighted by molar-refractivity contribution is 0.0930. The third kappa shape index (κ3) is 3.39. The summed E-state index contributed by atoms with van der Waals surface area (Å²) in [6, 6.07) is 1.86. The van der Waals surface area contributed by atoms with Gasteiger partial charge in [0.1, 0.15) is 5.56 Å². The van der Waals surface area contributed by atoms with E-state index in [9.17, 15) is 4.79 Å². The molecule has 0 spiro atoms. The fraction of sp³-hybridized carbons (Fsp3) is 0.529. The van der Waals surface area contributed by atoms with E-state index in [1.165, 1.54) is 0 Å². The van der Waals surface area contributed by atoms with Gasteiger partial charge in [-0.05, 0) is 25.8 Å². The summed E-state index contributed by atoms with van der Waals surface area (Å²) in [6.07, 6.45) is 5.40.